The molecule has 0 saturated carbocycles. The van der Waals surface area contributed by atoms with Crippen LogP contribution in [0.15, 0.2) is 42.5 Å². The number of carbonyl (C=O) groups is 1. The second kappa shape index (κ2) is 9.30. The Morgan fingerprint density at radius 1 is 1.18 bits per heavy atom. The van der Waals surface area contributed by atoms with Crippen LogP contribution >= 0.6 is 11.6 Å². The molecule has 5 nitrogen and oxygen atoms in total. The molecule has 0 spiro atoms. The van der Waals surface area contributed by atoms with Crippen molar-refractivity contribution in [2.24, 2.45) is 5.92 Å². The summed E-state index contributed by atoms with van der Waals surface area (Å²) < 4.78 is 0. The van der Waals surface area contributed by atoms with Crippen molar-refractivity contribution in [3.8, 4) is 5.75 Å². The number of carbonyl (C=O) groups excluding carboxylic acids is 1. The molecule has 2 aromatic carbocycles. The summed E-state index contributed by atoms with van der Waals surface area (Å²) in [6, 6.07) is 13.0. The van der Waals surface area contributed by atoms with Gasteiger partial charge in [0.25, 0.3) is 5.91 Å². The fourth-order valence-electron chi connectivity index (χ4n) is 3.57. The maximum absolute atomic E-state index is 12.8. The molecule has 0 bridgehead atoms. The third-order valence-electron chi connectivity index (χ3n) is 5.35. The number of halogens is 1. The molecule has 0 aromatic heterocycles. The van der Waals surface area contributed by atoms with Gasteiger partial charge in [-0.25, -0.2) is 0 Å². The molecule has 0 unspecified atom stereocenters. The predicted molar refractivity (Wildman–Crippen MR) is 115 cm³/mol. The van der Waals surface area contributed by atoms with Crippen LogP contribution in [-0.4, -0.2) is 41.6 Å². The van der Waals surface area contributed by atoms with Gasteiger partial charge >= 0.3 is 0 Å². The standard InChI is InChI=1S/C22H28ClN3O2/c1-15(2)26-12-10-16(11-13-26)14-24-20-18(8-9-19(23)21(20)27)22(28)25-17-6-4-3-5-7-17/h3-9,15-16,24,27H,10-14H2,1-2H3,(H,25,28). The molecule has 0 aliphatic carbocycles. The average Bonchev–Trinajstić information content (AvgIpc) is 2.70. The molecule has 3 N–H and O–H groups in total. The molecule has 1 heterocycles. The molecule has 28 heavy (non-hydrogen) atoms. The van der Waals surface area contributed by atoms with Gasteiger partial charge in [0.1, 0.15) is 0 Å². The largest absolute Gasteiger partial charge is 0.504 e. The normalized spacial score (nSPS) is 15.6. The fraction of sp³-hybridized carbons (Fsp3) is 0.409. The molecular weight excluding hydrogens is 374 g/mol. The summed E-state index contributed by atoms with van der Waals surface area (Å²) in [5.41, 5.74) is 1.48. The van der Waals surface area contributed by atoms with E-state index < -0.39 is 0 Å². The highest BCUT2D eigenvalue weighted by molar-refractivity contribution is 6.33. The first-order chi connectivity index (χ1) is 13.5. The summed E-state index contributed by atoms with van der Waals surface area (Å²) in [7, 11) is 0. The first-order valence-electron chi connectivity index (χ1n) is 9.81. The molecule has 1 aliphatic rings. The Kier molecular flexibility index (Phi) is 6.81. The number of phenolic OH excluding ortho intramolecular Hbond substituents is 1. The third-order valence-corrected chi connectivity index (χ3v) is 5.66. The van der Waals surface area contributed by atoms with Crippen molar-refractivity contribution in [1.29, 1.82) is 0 Å². The number of phenols is 1. The predicted octanol–water partition coefficient (Wildman–Crippen LogP) is 4.83. The fourth-order valence-corrected chi connectivity index (χ4v) is 3.73. The Balaban J connectivity index is 1.70. The van der Waals surface area contributed by atoms with Crippen LogP contribution in [0, 0.1) is 5.92 Å². The van der Waals surface area contributed by atoms with Crippen LogP contribution in [0.5, 0.6) is 5.75 Å². The maximum atomic E-state index is 12.8. The van der Waals surface area contributed by atoms with E-state index in [1.54, 1.807) is 12.1 Å². The zero-order chi connectivity index (χ0) is 20.1. The molecule has 1 saturated heterocycles. The van der Waals surface area contributed by atoms with Gasteiger partial charge in [-0.2, -0.15) is 0 Å². The van der Waals surface area contributed by atoms with Crippen molar-refractivity contribution in [3.05, 3.63) is 53.1 Å². The van der Waals surface area contributed by atoms with Crippen LogP contribution in [-0.2, 0) is 0 Å². The van der Waals surface area contributed by atoms with Crippen LogP contribution < -0.4 is 10.6 Å². The number of para-hydroxylation sites is 1. The number of hydrogen-bond donors (Lipinski definition) is 3. The van der Waals surface area contributed by atoms with Crippen LogP contribution in [0.2, 0.25) is 5.02 Å². The van der Waals surface area contributed by atoms with Crippen LogP contribution in [0.4, 0.5) is 11.4 Å². The monoisotopic (exact) mass is 401 g/mol. The Morgan fingerprint density at radius 2 is 1.86 bits per heavy atom. The highest BCUT2D eigenvalue weighted by Gasteiger charge is 2.23. The lowest BCUT2D eigenvalue weighted by molar-refractivity contribution is 0.102. The van der Waals surface area contributed by atoms with Gasteiger partial charge in [-0.05, 0) is 70.0 Å². The molecule has 2 aromatic rings. The van der Waals surface area contributed by atoms with Crippen LogP contribution in [0.1, 0.15) is 37.0 Å². The van der Waals surface area contributed by atoms with E-state index in [1.807, 2.05) is 30.3 Å². The minimum absolute atomic E-state index is 0.0815. The Bertz CT molecular complexity index is 803. The molecule has 1 amide bonds. The molecule has 1 fully saturated rings. The number of piperidine rings is 1. The van der Waals surface area contributed by atoms with E-state index in [0.717, 1.165) is 25.9 Å². The molecule has 1 aliphatic heterocycles. The summed E-state index contributed by atoms with van der Waals surface area (Å²) in [6.45, 7) is 7.30. The number of anilines is 2. The summed E-state index contributed by atoms with van der Waals surface area (Å²) in [5, 5.41) is 16.8. The summed E-state index contributed by atoms with van der Waals surface area (Å²) in [5.74, 6) is 0.135. The Morgan fingerprint density at radius 3 is 2.50 bits per heavy atom. The van der Waals surface area contributed by atoms with Crippen LogP contribution in [0.25, 0.3) is 0 Å². The number of benzene rings is 2. The van der Waals surface area contributed by atoms with E-state index in [2.05, 4.69) is 29.4 Å². The van der Waals surface area contributed by atoms with Crippen molar-refractivity contribution in [1.82, 2.24) is 4.90 Å². The van der Waals surface area contributed by atoms with Gasteiger partial charge in [-0.1, -0.05) is 29.8 Å². The Labute approximate surface area is 171 Å². The third kappa shape index (κ3) is 4.97. The van der Waals surface area contributed by atoms with Crippen LogP contribution in [0.3, 0.4) is 0 Å². The van der Waals surface area contributed by atoms with Crippen molar-refractivity contribution in [2.75, 3.05) is 30.3 Å². The number of aromatic hydroxyl groups is 1. The van der Waals surface area contributed by atoms with E-state index in [9.17, 15) is 9.90 Å². The van der Waals surface area contributed by atoms with Crippen molar-refractivity contribution >= 4 is 28.9 Å². The number of hydrogen-bond acceptors (Lipinski definition) is 4. The van der Waals surface area contributed by atoms with E-state index >= 15 is 0 Å². The second-order valence-corrected chi connectivity index (χ2v) is 8.00. The molecule has 3 rings (SSSR count). The van der Waals surface area contributed by atoms with Gasteiger partial charge in [-0.3, -0.25) is 4.79 Å². The highest BCUT2D eigenvalue weighted by atomic mass is 35.5. The quantitative estimate of drug-likeness (QED) is 0.606. The maximum Gasteiger partial charge on any atom is 0.257 e. The van der Waals surface area contributed by atoms with Gasteiger partial charge in [-0.15, -0.1) is 0 Å². The van der Waals surface area contributed by atoms with E-state index in [-0.39, 0.29) is 16.7 Å². The van der Waals surface area contributed by atoms with E-state index in [0.29, 0.717) is 35.4 Å². The van der Waals surface area contributed by atoms with Crippen molar-refractivity contribution in [3.63, 3.8) is 0 Å². The molecule has 0 radical (unpaired) electrons. The van der Waals surface area contributed by atoms with Gasteiger partial charge in [0, 0.05) is 18.3 Å². The van der Waals surface area contributed by atoms with E-state index in [4.69, 9.17) is 11.6 Å². The zero-order valence-electron chi connectivity index (χ0n) is 16.4. The Hall–Kier alpha value is -2.24. The number of amides is 1. The van der Waals surface area contributed by atoms with Gasteiger partial charge in [0.05, 0.1) is 16.3 Å². The van der Waals surface area contributed by atoms with Crippen molar-refractivity contribution in [2.45, 2.75) is 32.7 Å². The molecule has 150 valence electrons. The van der Waals surface area contributed by atoms with Crippen molar-refractivity contribution < 1.29 is 9.90 Å². The van der Waals surface area contributed by atoms with Gasteiger partial charge in [0.15, 0.2) is 5.75 Å². The first kappa shape index (κ1) is 20.5. The number of nitrogens with zero attached hydrogens (tertiary/aromatic N) is 1. The highest BCUT2D eigenvalue weighted by Crippen LogP contribution is 2.36. The number of likely N-dealkylation sites (tertiary alicyclic amines) is 1. The second-order valence-electron chi connectivity index (χ2n) is 7.59. The SMILES string of the molecule is CC(C)N1CCC(CNc2c(C(=O)Nc3ccccc3)ccc(Cl)c2O)CC1. The minimum Gasteiger partial charge on any atom is -0.504 e. The molecule has 6 heteroatoms. The summed E-state index contributed by atoms with van der Waals surface area (Å²) in [6.07, 6.45) is 2.19. The topological polar surface area (TPSA) is 64.6 Å². The number of rotatable bonds is 6. The average molecular weight is 402 g/mol. The van der Waals surface area contributed by atoms with Gasteiger partial charge in [0.2, 0.25) is 0 Å². The summed E-state index contributed by atoms with van der Waals surface area (Å²) in [4.78, 5) is 15.2. The van der Waals surface area contributed by atoms with E-state index in [1.165, 1.54) is 0 Å². The first-order valence-corrected chi connectivity index (χ1v) is 10.2. The lowest BCUT2D eigenvalue weighted by atomic mass is 9.95. The lowest BCUT2D eigenvalue weighted by Crippen LogP contribution is -2.39. The van der Waals surface area contributed by atoms with Gasteiger partial charge < -0.3 is 20.6 Å². The number of nitrogens with one attached hydrogen (secondary N) is 2. The smallest absolute Gasteiger partial charge is 0.257 e. The molecule has 0 atom stereocenters. The summed E-state index contributed by atoms with van der Waals surface area (Å²) >= 11 is 6.10. The zero-order valence-corrected chi connectivity index (χ0v) is 17.2. The lowest BCUT2D eigenvalue weighted by Gasteiger charge is -2.34. The molecular formula is C22H28ClN3O2. The minimum atomic E-state index is -0.282.